The van der Waals surface area contributed by atoms with Crippen molar-refractivity contribution in [2.45, 2.75) is 45.4 Å². The van der Waals surface area contributed by atoms with Crippen LogP contribution in [0.4, 0.5) is 5.82 Å². The van der Waals surface area contributed by atoms with Gasteiger partial charge in [0, 0.05) is 11.5 Å². The molecule has 1 heterocycles. The van der Waals surface area contributed by atoms with Crippen LogP contribution in [-0.4, -0.2) is 9.78 Å². The number of nitrogen functional groups attached to an aromatic ring is 1. The van der Waals surface area contributed by atoms with Crippen molar-refractivity contribution in [1.82, 2.24) is 9.78 Å². The minimum Gasteiger partial charge on any atom is -0.383 e. The van der Waals surface area contributed by atoms with E-state index in [1.165, 1.54) is 30.5 Å². The van der Waals surface area contributed by atoms with Crippen molar-refractivity contribution in [3.05, 3.63) is 41.6 Å². The highest BCUT2D eigenvalue weighted by Gasteiger charge is 2.30. The molecule has 3 nitrogen and oxygen atoms in total. The Morgan fingerprint density at radius 2 is 2.00 bits per heavy atom. The van der Waals surface area contributed by atoms with Crippen LogP contribution in [0, 0.1) is 5.92 Å². The molecule has 3 rings (SSSR count). The molecule has 2 N–H and O–H groups in total. The van der Waals surface area contributed by atoms with E-state index in [4.69, 9.17) is 10.8 Å². The van der Waals surface area contributed by atoms with E-state index in [9.17, 15) is 0 Å². The van der Waals surface area contributed by atoms with Crippen molar-refractivity contribution in [2.24, 2.45) is 5.92 Å². The summed E-state index contributed by atoms with van der Waals surface area (Å²) in [7, 11) is 0. The first-order valence-electron chi connectivity index (χ1n) is 7.65. The van der Waals surface area contributed by atoms with E-state index in [-0.39, 0.29) is 0 Å². The summed E-state index contributed by atoms with van der Waals surface area (Å²) < 4.78 is 1.92. The Hall–Kier alpha value is -1.77. The van der Waals surface area contributed by atoms with Gasteiger partial charge in [0.1, 0.15) is 5.82 Å². The maximum atomic E-state index is 6.36. The molecule has 0 amide bonds. The zero-order valence-electron chi connectivity index (χ0n) is 12.3. The van der Waals surface area contributed by atoms with E-state index in [0.717, 1.165) is 23.8 Å². The molecule has 2 atom stereocenters. The third-order valence-corrected chi connectivity index (χ3v) is 4.62. The molecule has 0 saturated heterocycles. The van der Waals surface area contributed by atoms with Crippen LogP contribution in [0.25, 0.3) is 5.69 Å². The predicted molar refractivity (Wildman–Crippen MR) is 83.1 cm³/mol. The van der Waals surface area contributed by atoms with Crippen LogP contribution >= 0.6 is 0 Å². The molecule has 2 unspecified atom stereocenters. The summed E-state index contributed by atoms with van der Waals surface area (Å²) in [5, 5.41) is 4.87. The molecule has 1 aliphatic carbocycles. The lowest BCUT2D eigenvalue weighted by Gasteiger charge is -2.14. The quantitative estimate of drug-likeness (QED) is 0.917. The number of hydrogen-bond acceptors (Lipinski definition) is 2. The zero-order valence-corrected chi connectivity index (χ0v) is 12.3. The number of nitrogens with zero attached hydrogens (tertiary/aromatic N) is 2. The highest BCUT2D eigenvalue weighted by atomic mass is 15.3. The molecule has 0 radical (unpaired) electrons. The summed E-state index contributed by atoms with van der Waals surface area (Å²) in [4.78, 5) is 0. The number of rotatable bonds is 3. The second kappa shape index (κ2) is 5.31. The topological polar surface area (TPSA) is 43.8 Å². The lowest BCUT2D eigenvalue weighted by molar-refractivity contribution is 0.515. The lowest BCUT2D eigenvalue weighted by atomic mass is 9.91. The van der Waals surface area contributed by atoms with Gasteiger partial charge < -0.3 is 5.73 Å². The van der Waals surface area contributed by atoms with Crippen molar-refractivity contribution >= 4 is 5.82 Å². The Morgan fingerprint density at radius 1 is 1.25 bits per heavy atom. The van der Waals surface area contributed by atoms with Gasteiger partial charge in [0.15, 0.2) is 0 Å². The van der Waals surface area contributed by atoms with Gasteiger partial charge in [-0.05, 0) is 30.9 Å². The van der Waals surface area contributed by atoms with Crippen molar-refractivity contribution < 1.29 is 0 Å². The Balaban J connectivity index is 2.08. The fourth-order valence-electron chi connectivity index (χ4n) is 3.46. The molecule has 0 aliphatic heterocycles. The Bertz CT molecular complexity index is 586. The van der Waals surface area contributed by atoms with Gasteiger partial charge in [0.05, 0.1) is 11.4 Å². The van der Waals surface area contributed by atoms with Gasteiger partial charge in [-0.2, -0.15) is 5.10 Å². The summed E-state index contributed by atoms with van der Waals surface area (Å²) in [6.45, 7) is 4.51. The SMILES string of the molecule is CCc1c(C2CCCC2C)nn(-c2ccccc2)c1N. The van der Waals surface area contributed by atoms with Crippen LogP contribution in [0.1, 0.15) is 50.3 Å². The number of para-hydroxylation sites is 1. The van der Waals surface area contributed by atoms with Crippen LogP contribution in [-0.2, 0) is 6.42 Å². The second-order valence-electron chi connectivity index (χ2n) is 5.86. The highest BCUT2D eigenvalue weighted by molar-refractivity contribution is 5.51. The largest absolute Gasteiger partial charge is 0.383 e. The fraction of sp³-hybridized carbons (Fsp3) is 0.471. The van der Waals surface area contributed by atoms with Crippen molar-refractivity contribution in [1.29, 1.82) is 0 Å². The first-order chi connectivity index (χ1) is 9.72. The van der Waals surface area contributed by atoms with E-state index < -0.39 is 0 Å². The van der Waals surface area contributed by atoms with Crippen LogP contribution in [0.3, 0.4) is 0 Å². The van der Waals surface area contributed by atoms with E-state index in [1.54, 1.807) is 0 Å². The molecule has 1 aliphatic rings. The molecular formula is C17H23N3. The minimum absolute atomic E-state index is 0.581. The van der Waals surface area contributed by atoms with Gasteiger partial charge >= 0.3 is 0 Å². The summed E-state index contributed by atoms with van der Waals surface area (Å²) in [6.07, 6.45) is 4.83. The van der Waals surface area contributed by atoms with Gasteiger partial charge in [-0.1, -0.05) is 44.9 Å². The van der Waals surface area contributed by atoms with E-state index >= 15 is 0 Å². The number of anilines is 1. The maximum Gasteiger partial charge on any atom is 0.130 e. The summed E-state index contributed by atoms with van der Waals surface area (Å²) in [5.74, 6) is 2.11. The molecule has 1 aromatic carbocycles. The zero-order chi connectivity index (χ0) is 14.1. The molecule has 20 heavy (non-hydrogen) atoms. The van der Waals surface area contributed by atoms with Crippen LogP contribution in [0.2, 0.25) is 0 Å². The summed E-state index contributed by atoms with van der Waals surface area (Å²) >= 11 is 0. The number of hydrogen-bond donors (Lipinski definition) is 1. The number of nitrogens with two attached hydrogens (primary N) is 1. The Kier molecular flexibility index (Phi) is 3.51. The first-order valence-corrected chi connectivity index (χ1v) is 7.65. The van der Waals surface area contributed by atoms with Crippen molar-refractivity contribution in [2.75, 3.05) is 5.73 Å². The van der Waals surface area contributed by atoms with E-state index in [1.807, 2.05) is 22.9 Å². The minimum atomic E-state index is 0.581. The maximum absolute atomic E-state index is 6.36. The molecule has 3 heteroatoms. The number of aromatic nitrogens is 2. The lowest BCUT2D eigenvalue weighted by Crippen LogP contribution is -2.06. The van der Waals surface area contributed by atoms with Crippen LogP contribution in [0.5, 0.6) is 0 Å². The average molecular weight is 269 g/mol. The molecule has 106 valence electrons. The normalized spacial score (nSPS) is 22.3. The predicted octanol–water partition coefficient (Wildman–Crippen LogP) is 3.92. The van der Waals surface area contributed by atoms with Gasteiger partial charge in [-0.15, -0.1) is 0 Å². The summed E-state index contributed by atoms with van der Waals surface area (Å²) in [6, 6.07) is 10.2. The molecule has 1 fully saturated rings. The third-order valence-electron chi connectivity index (χ3n) is 4.62. The molecule has 0 bridgehead atoms. The summed E-state index contributed by atoms with van der Waals surface area (Å²) in [5.41, 5.74) is 9.89. The van der Waals surface area contributed by atoms with Crippen LogP contribution < -0.4 is 5.73 Å². The first kappa shape index (κ1) is 13.2. The van der Waals surface area contributed by atoms with E-state index in [2.05, 4.69) is 26.0 Å². The fourth-order valence-corrected chi connectivity index (χ4v) is 3.46. The molecule has 0 spiro atoms. The molecule has 2 aromatic rings. The molecule has 1 saturated carbocycles. The third kappa shape index (κ3) is 2.11. The van der Waals surface area contributed by atoms with Gasteiger partial charge in [0.2, 0.25) is 0 Å². The van der Waals surface area contributed by atoms with Gasteiger partial charge in [-0.25, -0.2) is 4.68 Å². The van der Waals surface area contributed by atoms with Crippen LogP contribution in [0.15, 0.2) is 30.3 Å². The second-order valence-corrected chi connectivity index (χ2v) is 5.86. The van der Waals surface area contributed by atoms with Crippen molar-refractivity contribution in [3.8, 4) is 5.69 Å². The molecule has 1 aromatic heterocycles. The number of benzene rings is 1. The monoisotopic (exact) mass is 269 g/mol. The highest BCUT2D eigenvalue weighted by Crippen LogP contribution is 2.41. The van der Waals surface area contributed by atoms with Gasteiger partial charge in [-0.3, -0.25) is 0 Å². The Morgan fingerprint density at radius 3 is 2.60 bits per heavy atom. The van der Waals surface area contributed by atoms with Crippen molar-refractivity contribution in [3.63, 3.8) is 0 Å². The Labute approximate surface area is 120 Å². The average Bonchev–Trinajstić information content (AvgIpc) is 3.03. The standard InChI is InChI=1S/C17H23N3/c1-3-14-16(15-11-7-8-12(15)2)19-20(17(14)18)13-9-5-4-6-10-13/h4-6,9-10,12,15H,3,7-8,11,18H2,1-2H3. The smallest absolute Gasteiger partial charge is 0.130 e. The van der Waals surface area contributed by atoms with E-state index in [0.29, 0.717) is 5.92 Å². The molecular weight excluding hydrogens is 246 g/mol. The van der Waals surface area contributed by atoms with Gasteiger partial charge in [0.25, 0.3) is 0 Å².